The van der Waals surface area contributed by atoms with Crippen LogP contribution in [-0.2, 0) is 0 Å². The smallest absolute Gasteiger partial charge is 0.110 e. The normalized spacial score (nSPS) is 12.6. The van der Waals surface area contributed by atoms with Crippen molar-refractivity contribution in [1.29, 1.82) is 0 Å². The molecule has 0 amide bonds. The third kappa shape index (κ3) is 2.46. The third-order valence-corrected chi connectivity index (χ3v) is 3.34. The van der Waals surface area contributed by atoms with Crippen LogP contribution in [0.5, 0.6) is 0 Å². The molecule has 4 heteroatoms. The average Bonchev–Trinajstić information content (AvgIpc) is 2.80. The minimum absolute atomic E-state index is 0.0625. The van der Waals surface area contributed by atoms with Crippen LogP contribution in [0.25, 0.3) is 11.4 Å². The van der Waals surface area contributed by atoms with Crippen molar-refractivity contribution < 1.29 is 0 Å². The molecule has 2 rings (SSSR count). The fourth-order valence-corrected chi connectivity index (χ4v) is 2.37. The summed E-state index contributed by atoms with van der Waals surface area (Å²) in [5.74, 6) is 0. The molecule has 2 aromatic heterocycles. The SMILES string of the molecule is CCCC(N)c1nc(-c2ccccn2)cs1. The molecule has 3 nitrogen and oxygen atoms in total. The molecule has 1 unspecified atom stereocenters. The van der Waals surface area contributed by atoms with Gasteiger partial charge in [-0.25, -0.2) is 4.98 Å². The highest BCUT2D eigenvalue weighted by Gasteiger charge is 2.11. The molecule has 0 saturated heterocycles. The minimum Gasteiger partial charge on any atom is -0.322 e. The lowest BCUT2D eigenvalue weighted by atomic mass is 10.2. The second-order valence-corrected chi connectivity index (χ2v) is 4.57. The number of rotatable bonds is 4. The first-order chi connectivity index (χ1) is 7.81. The first kappa shape index (κ1) is 11.2. The topological polar surface area (TPSA) is 51.8 Å². The molecule has 2 N–H and O–H groups in total. The molecule has 16 heavy (non-hydrogen) atoms. The van der Waals surface area contributed by atoms with Crippen LogP contribution in [0.1, 0.15) is 30.8 Å². The largest absolute Gasteiger partial charge is 0.322 e. The number of thiazole rings is 1. The van der Waals surface area contributed by atoms with Gasteiger partial charge in [-0.1, -0.05) is 19.4 Å². The monoisotopic (exact) mass is 233 g/mol. The molecule has 0 fully saturated rings. The summed E-state index contributed by atoms with van der Waals surface area (Å²) < 4.78 is 0. The van der Waals surface area contributed by atoms with Crippen LogP contribution in [0, 0.1) is 0 Å². The van der Waals surface area contributed by atoms with Crippen LogP contribution in [0.4, 0.5) is 0 Å². The average molecular weight is 233 g/mol. The second kappa shape index (κ2) is 5.18. The Hall–Kier alpha value is -1.26. The summed E-state index contributed by atoms with van der Waals surface area (Å²) in [7, 11) is 0. The molecule has 0 radical (unpaired) electrons. The van der Waals surface area contributed by atoms with Gasteiger partial charge in [-0.05, 0) is 18.6 Å². The van der Waals surface area contributed by atoms with Gasteiger partial charge in [-0.15, -0.1) is 11.3 Å². The number of pyridine rings is 1. The summed E-state index contributed by atoms with van der Waals surface area (Å²) in [5, 5.41) is 3.02. The summed E-state index contributed by atoms with van der Waals surface area (Å²) in [4.78, 5) is 8.80. The van der Waals surface area contributed by atoms with E-state index in [1.54, 1.807) is 17.5 Å². The van der Waals surface area contributed by atoms with E-state index in [9.17, 15) is 0 Å². The molecule has 0 aliphatic carbocycles. The Bertz CT molecular complexity index is 439. The highest BCUT2D eigenvalue weighted by atomic mass is 32.1. The molecule has 0 aliphatic heterocycles. The van der Waals surface area contributed by atoms with E-state index in [-0.39, 0.29) is 6.04 Å². The number of nitrogens with two attached hydrogens (primary N) is 1. The van der Waals surface area contributed by atoms with Crippen LogP contribution >= 0.6 is 11.3 Å². The van der Waals surface area contributed by atoms with Crippen LogP contribution in [0.2, 0.25) is 0 Å². The van der Waals surface area contributed by atoms with Crippen molar-refractivity contribution in [3.63, 3.8) is 0 Å². The van der Waals surface area contributed by atoms with Gasteiger partial charge in [0.2, 0.25) is 0 Å². The maximum atomic E-state index is 6.02. The van der Waals surface area contributed by atoms with Crippen molar-refractivity contribution in [3.05, 3.63) is 34.8 Å². The van der Waals surface area contributed by atoms with Crippen LogP contribution in [0.3, 0.4) is 0 Å². The molecule has 2 aromatic rings. The molecule has 0 saturated carbocycles. The zero-order valence-electron chi connectivity index (χ0n) is 9.26. The molecule has 1 atom stereocenters. The minimum atomic E-state index is 0.0625. The van der Waals surface area contributed by atoms with E-state index in [4.69, 9.17) is 5.73 Å². The quantitative estimate of drug-likeness (QED) is 0.883. The fraction of sp³-hybridized carbons (Fsp3) is 0.333. The highest BCUT2D eigenvalue weighted by Crippen LogP contribution is 2.24. The fourth-order valence-electron chi connectivity index (χ4n) is 1.52. The van der Waals surface area contributed by atoms with Gasteiger partial charge in [0.05, 0.1) is 17.4 Å². The van der Waals surface area contributed by atoms with Crippen LogP contribution < -0.4 is 5.73 Å². The lowest BCUT2D eigenvalue weighted by Crippen LogP contribution is -2.09. The zero-order valence-corrected chi connectivity index (χ0v) is 10.1. The molecule has 0 spiro atoms. The molecule has 0 aromatic carbocycles. The van der Waals surface area contributed by atoms with Crippen molar-refractivity contribution in [2.24, 2.45) is 5.73 Å². The predicted molar refractivity (Wildman–Crippen MR) is 67.2 cm³/mol. The molecular weight excluding hydrogens is 218 g/mol. The Morgan fingerprint density at radius 1 is 1.38 bits per heavy atom. The predicted octanol–water partition coefficient (Wildman–Crippen LogP) is 3.01. The van der Waals surface area contributed by atoms with Crippen molar-refractivity contribution in [3.8, 4) is 11.4 Å². The van der Waals surface area contributed by atoms with Crippen molar-refractivity contribution in [2.75, 3.05) is 0 Å². The van der Waals surface area contributed by atoms with E-state index >= 15 is 0 Å². The van der Waals surface area contributed by atoms with Crippen molar-refractivity contribution in [2.45, 2.75) is 25.8 Å². The number of hydrogen-bond donors (Lipinski definition) is 1. The number of nitrogens with zero attached hydrogens (tertiary/aromatic N) is 2. The Balaban J connectivity index is 2.20. The van der Waals surface area contributed by atoms with E-state index in [0.717, 1.165) is 29.2 Å². The van der Waals surface area contributed by atoms with E-state index in [1.807, 2.05) is 23.6 Å². The van der Waals surface area contributed by atoms with E-state index in [0.29, 0.717) is 0 Å². The van der Waals surface area contributed by atoms with Gasteiger partial charge in [-0.2, -0.15) is 0 Å². The molecular formula is C12H15N3S. The van der Waals surface area contributed by atoms with E-state index < -0.39 is 0 Å². The molecule has 84 valence electrons. The van der Waals surface area contributed by atoms with Gasteiger partial charge in [0.15, 0.2) is 0 Å². The molecule has 0 aliphatic rings. The maximum absolute atomic E-state index is 6.02. The summed E-state index contributed by atoms with van der Waals surface area (Å²) in [5.41, 5.74) is 7.86. The Morgan fingerprint density at radius 2 is 2.25 bits per heavy atom. The third-order valence-electron chi connectivity index (χ3n) is 2.37. The summed E-state index contributed by atoms with van der Waals surface area (Å²) in [6.07, 6.45) is 3.84. The summed E-state index contributed by atoms with van der Waals surface area (Å²) in [6.45, 7) is 2.13. The van der Waals surface area contributed by atoms with Gasteiger partial charge in [0, 0.05) is 11.6 Å². The van der Waals surface area contributed by atoms with Crippen molar-refractivity contribution >= 4 is 11.3 Å². The summed E-state index contributed by atoms with van der Waals surface area (Å²) >= 11 is 1.62. The molecule has 0 bridgehead atoms. The van der Waals surface area contributed by atoms with Crippen LogP contribution in [0.15, 0.2) is 29.8 Å². The number of aromatic nitrogens is 2. The summed E-state index contributed by atoms with van der Waals surface area (Å²) in [6, 6.07) is 5.89. The first-order valence-corrected chi connectivity index (χ1v) is 6.31. The lowest BCUT2D eigenvalue weighted by molar-refractivity contribution is 0.635. The van der Waals surface area contributed by atoms with Gasteiger partial charge < -0.3 is 5.73 Å². The van der Waals surface area contributed by atoms with Crippen LogP contribution in [-0.4, -0.2) is 9.97 Å². The lowest BCUT2D eigenvalue weighted by Gasteiger charge is -2.04. The Morgan fingerprint density at radius 3 is 2.94 bits per heavy atom. The number of hydrogen-bond acceptors (Lipinski definition) is 4. The van der Waals surface area contributed by atoms with E-state index in [2.05, 4.69) is 16.9 Å². The maximum Gasteiger partial charge on any atom is 0.110 e. The second-order valence-electron chi connectivity index (χ2n) is 3.68. The van der Waals surface area contributed by atoms with Gasteiger partial charge in [-0.3, -0.25) is 4.98 Å². The van der Waals surface area contributed by atoms with Gasteiger partial charge in [0.25, 0.3) is 0 Å². The van der Waals surface area contributed by atoms with Gasteiger partial charge >= 0.3 is 0 Å². The molecule has 2 heterocycles. The first-order valence-electron chi connectivity index (χ1n) is 5.43. The Kier molecular flexibility index (Phi) is 3.64. The highest BCUT2D eigenvalue weighted by molar-refractivity contribution is 7.10. The van der Waals surface area contributed by atoms with Crippen molar-refractivity contribution in [1.82, 2.24) is 9.97 Å². The zero-order chi connectivity index (χ0) is 11.4. The van der Waals surface area contributed by atoms with E-state index in [1.165, 1.54) is 0 Å². The Labute approximate surface area is 99.4 Å². The van der Waals surface area contributed by atoms with Gasteiger partial charge in [0.1, 0.15) is 5.01 Å². The standard InChI is InChI=1S/C12H15N3S/c1-2-5-9(13)12-15-11(8-16-12)10-6-3-4-7-14-10/h3-4,6-9H,2,5,13H2,1H3.